The van der Waals surface area contributed by atoms with E-state index in [1.54, 1.807) is 11.8 Å². The molecule has 1 N–H and O–H groups in total. The number of aromatic nitrogens is 3. The second kappa shape index (κ2) is 6.07. The molecule has 2 aromatic rings. The summed E-state index contributed by atoms with van der Waals surface area (Å²) in [6.07, 6.45) is 2.67. The maximum atomic E-state index is 5.59. The second-order valence-corrected chi connectivity index (χ2v) is 6.23. The first-order valence-electron chi connectivity index (χ1n) is 6.24. The number of nitrogens with zero attached hydrogens (tertiary/aromatic N) is 2. The summed E-state index contributed by atoms with van der Waals surface area (Å²) in [4.78, 5) is 4.51. The molecule has 0 aliphatic carbocycles. The molecule has 0 unspecified atom stereocenters. The highest BCUT2D eigenvalue weighted by Crippen LogP contribution is 2.27. The number of nitrogens with one attached hydrogen (secondary N) is 1. The number of rotatable bonds is 4. The normalized spacial score (nSPS) is 18.9. The van der Waals surface area contributed by atoms with Crippen LogP contribution in [0, 0.1) is 0 Å². The van der Waals surface area contributed by atoms with Gasteiger partial charge in [0.25, 0.3) is 0 Å². The van der Waals surface area contributed by atoms with Crippen molar-refractivity contribution in [3.05, 3.63) is 28.7 Å². The third kappa shape index (κ3) is 3.19. The first kappa shape index (κ1) is 13.1. The van der Waals surface area contributed by atoms with Crippen molar-refractivity contribution in [1.29, 1.82) is 0 Å². The Labute approximate surface area is 124 Å². The number of thioether (sulfide) groups is 1. The fourth-order valence-electron chi connectivity index (χ4n) is 2.03. The lowest BCUT2D eigenvalue weighted by molar-refractivity contribution is 0.129. The van der Waals surface area contributed by atoms with E-state index in [9.17, 15) is 0 Å². The number of ether oxygens (including phenoxy) is 1. The SMILES string of the molecule is Brc1ccccc1-c1nc(SC[C@H]2CCCO2)n[nH]1. The first-order chi connectivity index (χ1) is 9.33. The maximum Gasteiger partial charge on any atom is 0.208 e. The molecular formula is C13H14BrN3OS. The lowest BCUT2D eigenvalue weighted by atomic mass is 10.2. The Morgan fingerprint density at radius 1 is 1.42 bits per heavy atom. The number of aromatic amines is 1. The largest absolute Gasteiger partial charge is 0.377 e. The van der Waals surface area contributed by atoms with E-state index in [2.05, 4.69) is 31.1 Å². The van der Waals surface area contributed by atoms with Crippen LogP contribution in [0.25, 0.3) is 11.4 Å². The van der Waals surface area contributed by atoms with Gasteiger partial charge in [0.05, 0.1) is 6.10 Å². The van der Waals surface area contributed by atoms with Gasteiger partial charge in [-0.25, -0.2) is 4.98 Å². The van der Waals surface area contributed by atoms with E-state index >= 15 is 0 Å². The monoisotopic (exact) mass is 339 g/mol. The Morgan fingerprint density at radius 2 is 2.32 bits per heavy atom. The predicted octanol–water partition coefficient (Wildman–Crippen LogP) is 3.51. The summed E-state index contributed by atoms with van der Waals surface area (Å²) in [7, 11) is 0. The van der Waals surface area contributed by atoms with Crippen LogP contribution >= 0.6 is 27.7 Å². The van der Waals surface area contributed by atoms with Gasteiger partial charge in [-0.05, 0) is 18.9 Å². The Morgan fingerprint density at radius 3 is 3.11 bits per heavy atom. The Bertz CT molecular complexity index is 554. The second-order valence-electron chi connectivity index (χ2n) is 4.39. The molecule has 1 aliphatic heterocycles. The molecule has 19 heavy (non-hydrogen) atoms. The molecule has 1 aromatic heterocycles. The molecule has 1 saturated heterocycles. The molecular weight excluding hydrogens is 326 g/mol. The highest BCUT2D eigenvalue weighted by molar-refractivity contribution is 9.10. The van der Waals surface area contributed by atoms with Gasteiger partial charge in [-0.3, -0.25) is 5.10 Å². The van der Waals surface area contributed by atoms with Gasteiger partial charge in [0, 0.05) is 22.4 Å². The van der Waals surface area contributed by atoms with E-state index in [0.29, 0.717) is 6.10 Å². The summed E-state index contributed by atoms with van der Waals surface area (Å²) in [5.74, 6) is 1.72. The number of hydrogen-bond donors (Lipinski definition) is 1. The predicted molar refractivity (Wildman–Crippen MR) is 79.2 cm³/mol. The molecule has 2 heterocycles. The molecule has 4 nitrogen and oxygen atoms in total. The van der Waals surface area contributed by atoms with E-state index in [1.807, 2.05) is 24.3 Å². The lowest BCUT2D eigenvalue weighted by Gasteiger charge is -2.05. The van der Waals surface area contributed by atoms with Gasteiger partial charge in [0.1, 0.15) is 0 Å². The van der Waals surface area contributed by atoms with Crippen molar-refractivity contribution in [3.8, 4) is 11.4 Å². The average molecular weight is 340 g/mol. The Balaban J connectivity index is 1.67. The fourth-order valence-corrected chi connectivity index (χ4v) is 3.36. The van der Waals surface area contributed by atoms with Crippen LogP contribution in [0.1, 0.15) is 12.8 Å². The lowest BCUT2D eigenvalue weighted by Crippen LogP contribution is -2.07. The maximum absolute atomic E-state index is 5.59. The van der Waals surface area contributed by atoms with Crippen LogP contribution < -0.4 is 0 Å². The number of hydrogen-bond acceptors (Lipinski definition) is 4. The topological polar surface area (TPSA) is 50.8 Å². The van der Waals surface area contributed by atoms with Crippen molar-refractivity contribution in [3.63, 3.8) is 0 Å². The quantitative estimate of drug-likeness (QED) is 0.866. The van der Waals surface area contributed by atoms with Gasteiger partial charge in [0.2, 0.25) is 5.16 Å². The molecule has 0 amide bonds. The summed E-state index contributed by atoms with van der Waals surface area (Å²) < 4.78 is 6.61. The van der Waals surface area contributed by atoms with E-state index in [1.165, 1.54) is 6.42 Å². The van der Waals surface area contributed by atoms with Crippen molar-refractivity contribution in [1.82, 2.24) is 15.2 Å². The Kier molecular flexibility index (Phi) is 4.20. The van der Waals surface area contributed by atoms with E-state index in [4.69, 9.17) is 4.74 Å². The van der Waals surface area contributed by atoms with Crippen LogP contribution in [0.3, 0.4) is 0 Å². The molecule has 0 radical (unpaired) electrons. The van der Waals surface area contributed by atoms with Gasteiger partial charge >= 0.3 is 0 Å². The minimum absolute atomic E-state index is 0.357. The molecule has 0 bridgehead atoms. The minimum atomic E-state index is 0.357. The van der Waals surface area contributed by atoms with Crippen molar-refractivity contribution in [2.24, 2.45) is 0 Å². The van der Waals surface area contributed by atoms with Gasteiger partial charge in [-0.15, -0.1) is 5.10 Å². The molecule has 1 aromatic carbocycles. The smallest absolute Gasteiger partial charge is 0.208 e. The van der Waals surface area contributed by atoms with E-state index < -0.39 is 0 Å². The van der Waals surface area contributed by atoms with Crippen LogP contribution in [-0.4, -0.2) is 33.6 Å². The highest BCUT2D eigenvalue weighted by Gasteiger charge is 2.17. The van der Waals surface area contributed by atoms with Crippen molar-refractivity contribution in [2.75, 3.05) is 12.4 Å². The highest BCUT2D eigenvalue weighted by atomic mass is 79.9. The third-order valence-electron chi connectivity index (χ3n) is 3.02. The fraction of sp³-hybridized carbons (Fsp3) is 0.385. The van der Waals surface area contributed by atoms with Crippen LogP contribution in [0.5, 0.6) is 0 Å². The van der Waals surface area contributed by atoms with E-state index in [-0.39, 0.29) is 0 Å². The van der Waals surface area contributed by atoms with Crippen LogP contribution in [0.2, 0.25) is 0 Å². The molecule has 3 rings (SSSR count). The van der Waals surface area contributed by atoms with Crippen molar-refractivity contribution < 1.29 is 4.74 Å². The standard InChI is InChI=1S/C13H14BrN3OS/c14-11-6-2-1-5-10(11)12-15-13(17-16-12)19-8-9-4-3-7-18-9/h1-2,5-6,9H,3-4,7-8H2,(H,15,16,17)/t9-/m1/s1. The summed E-state index contributed by atoms with van der Waals surface area (Å²) >= 11 is 5.17. The van der Waals surface area contributed by atoms with Crippen LogP contribution in [0.15, 0.2) is 33.9 Å². The molecule has 1 atom stereocenters. The van der Waals surface area contributed by atoms with Crippen LogP contribution in [-0.2, 0) is 4.74 Å². The third-order valence-corrected chi connectivity index (χ3v) is 4.69. The zero-order valence-corrected chi connectivity index (χ0v) is 12.7. The van der Waals surface area contributed by atoms with Gasteiger partial charge in [-0.2, -0.15) is 0 Å². The summed E-state index contributed by atoms with van der Waals surface area (Å²) in [5.41, 5.74) is 1.03. The minimum Gasteiger partial charge on any atom is -0.377 e. The number of H-pyrrole nitrogens is 1. The van der Waals surface area contributed by atoms with Crippen molar-refractivity contribution in [2.45, 2.75) is 24.1 Å². The molecule has 100 valence electrons. The average Bonchev–Trinajstić information content (AvgIpc) is 3.08. The zero-order chi connectivity index (χ0) is 13.1. The zero-order valence-electron chi connectivity index (χ0n) is 10.3. The van der Waals surface area contributed by atoms with Gasteiger partial charge < -0.3 is 4.74 Å². The molecule has 1 aliphatic rings. The first-order valence-corrected chi connectivity index (χ1v) is 8.02. The summed E-state index contributed by atoms with van der Waals surface area (Å²) in [5, 5.41) is 8.01. The molecule has 1 fully saturated rings. The van der Waals surface area contributed by atoms with Gasteiger partial charge in [0.15, 0.2) is 5.82 Å². The number of benzene rings is 1. The van der Waals surface area contributed by atoms with Crippen LogP contribution in [0.4, 0.5) is 0 Å². The summed E-state index contributed by atoms with van der Waals surface area (Å²) in [6.45, 7) is 0.890. The molecule has 6 heteroatoms. The van der Waals surface area contributed by atoms with Crippen molar-refractivity contribution >= 4 is 27.7 Å². The number of halogens is 1. The Hall–Kier alpha value is -0.850. The molecule has 0 saturated carbocycles. The summed E-state index contributed by atoms with van der Waals surface area (Å²) in [6, 6.07) is 7.98. The van der Waals surface area contributed by atoms with Gasteiger partial charge in [-0.1, -0.05) is 45.9 Å². The van der Waals surface area contributed by atoms with E-state index in [0.717, 1.165) is 39.8 Å². The molecule has 0 spiro atoms.